The van der Waals surface area contributed by atoms with Gasteiger partial charge in [-0.3, -0.25) is 0 Å². The van der Waals surface area contributed by atoms with Crippen LogP contribution in [0.2, 0.25) is 0 Å². The lowest BCUT2D eigenvalue weighted by Gasteiger charge is -2.12. The first-order valence-electron chi connectivity index (χ1n) is 4.29. The van der Waals surface area contributed by atoms with E-state index in [2.05, 4.69) is 4.98 Å². The van der Waals surface area contributed by atoms with E-state index >= 15 is 0 Å². The van der Waals surface area contributed by atoms with Gasteiger partial charge in [-0.2, -0.15) is 0 Å². The molecule has 6 heteroatoms. The zero-order chi connectivity index (χ0) is 11.4. The number of alkyl halides is 2. The Hall–Kier alpha value is -1.27. The van der Waals surface area contributed by atoms with Gasteiger partial charge in [-0.15, -0.1) is 0 Å². The molecule has 84 valence electrons. The lowest BCUT2D eigenvalue weighted by molar-refractivity contribution is 0.140. The molecule has 0 amide bonds. The van der Waals surface area contributed by atoms with Crippen LogP contribution in [0.15, 0.2) is 6.07 Å². The van der Waals surface area contributed by atoms with Crippen molar-refractivity contribution in [3.05, 3.63) is 23.0 Å². The van der Waals surface area contributed by atoms with E-state index in [4.69, 9.17) is 15.6 Å². The molecule has 3 N–H and O–H groups in total. The van der Waals surface area contributed by atoms with Crippen molar-refractivity contribution in [2.24, 2.45) is 5.73 Å². The van der Waals surface area contributed by atoms with Crippen LogP contribution in [0.1, 0.15) is 23.4 Å². The molecule has 0 spiro atoms. The zero-order valence-corrected chi connectivity index (χ0v) is 8.20. The summed E-state index contributed by atoms with van der Waals surface area (Å²) in [6, 6.07) is 1.44. The highest BCUT2D eigenvalue weighted by molar-refractivity contribution is 5.38. The molecule has 0 atom stereocenters. The van der Waals surface area contributed by atoms with Gasteiger partial charge in [-0.05, 0) is 0 Å². The summed E-state index contributed by atoms with van der Waals surface area (Å²) in [6.07, 6.45) is -2.76. The number of ether oxygens (including phenoxy) is 1. The van der Waals surface area contributed by atoms with E-state index in [1.165, 1.54) is 13.2 Å². The van der Waals surface area contributed by atoms with Gasteiger partial charge in [0.25, 0.3) is 6.43 Å². The second-order valence-electron chi connectivity index (χ2n) is 2.84. The summed E-state index contributed by atoms with van der Waals surface area (Å²) in [4.78, 5) is 3.66. The fourth-order valence-electron chi connectivity index (χ4n) is 1.25. The van der Waals surface area contributed by atoms with E-state index in [0.717, 1.165) is 0 Å². The van der Waals surface area contributed by atoms with Crippen molar-refractivity contribution in [2.45, 2.75) is 19.6 Å². The molecule has 0 aliphatic rings. The number of halogens is 2. The number of aromatic nitrogens is 1. The predicted octanol–water partition coefficient (Wildman–Crippen LogP) is 0.979. The van der Waals surface area contributed by atoms with Crippen LogP contribution in [0.5, 0.6) is 5.75 Å². The van der Waals surface area contributed by atoms with Gasteiger partial charge < -0.3 is 15.6 Å². The van der Waals surface area contributed by atoms with Crippen molar-refractivity contribution in [1.29, 1.82) is 0 Å². The summed E-state index contributed by atoms with van der Waals surface area (Å²) >= 11 is 0. The average Bonchev–Trinajstić information content (AvgIpc) is 2.26. The van der Waals surface area contributed by atoms with E-state index in [9.17, 15) is 8.78 Å². The summed E-state index contributed by atoms with van der Waals surface area (Å²) in [5.74, 6) is 0.184. The van der Waals surface area contributed by atoms with Crippen LogP contribution in [0, 0.1) is 0 Å². The number of nitrogens with zero attached hydrogens (tertiary/aromatic N) is 1. The molecule has 0 saturated carbocycles. The predicted molar refractivity (Wildman–Crippen MR) is 49.6 cm³/mol. The number of hydrogen-bond donors (Lipinski definition) is 2. The molecule has 0 unspecified atom stereocenters. The molecule has 1 aromatic heterocycles. The number of pyridine rings is 1. The minimum atomic E-state index is -2.76. The zero-order valence-electron chi connectivity index (χ0n) is 8.20. The van der Waals surface area contributed by atoms with E-state index < -0.39 is 18.7 Å². The molecule has 0 bridgehead atoms. The van der Waals surface area contributed by atoms with Crippen LogP contribution in [0.25, 0.3) is 0 Å². The van der Waals surface area contributed by atoms with Gasteiger partial charge in [-0.25, -0.2) is 13.8 Å². The maximum Gasteiger partial charge on any atom is 0.280 e. The van der Waals surface area contributed by atoms with Gasteiger partial charge in [0.1, 0.15) is 11.4 Å². The first-order valence-corrected chi connectivity index (χ1v) is 4.29. The van der Waals surface area contributed by atoms with Crippen LogP contribution in [0.4, 0.5) is 8.78 Å². The minimum Gasteiger partial charge on any atom is -0.496 e. The molecule has 1 rings (SSSR count). The van der Waals surface area contributed by atoms with Crippen LogP contribution in [-0.2, 0) is 13.2 Å². The lowest BCUT2D eigenvalue weighted by Crippen LogP contribution is -2.08. The maximum absolute atomic E-state index is 12.6. The number of methoxy groups -OCH3 is 1. The fourth-order valence-corrected chi connectivity index (χ4v) is 1.25. The Morgan fingerprint density at radius 2 is 2.27 bits per heavy atom. The number of aliphatic hydroxyl groups excluding tert-OH is 1. The van der Waals surface area contributed by atoms with Gasteiger partial charge in [0.15, 0.2) is 0 Å². The molecule has 0 fully saturated rings. The molecular weight excluding hydrogens is 206 g/mol. The van der Waals surface area contributed by atoms with Gasteiger partial charge >= 0.3 is 0 Å². The Morgan fingerprint density at radius 3 is 2.67 bits per heavy atom. The number of nitrogens with two attached hydrogens (primary N) is 1. The Kier molecular flexibility index (Phi) is 3.93. The summed E-state index contributed by atoms with van der Waals surface area (Å²) in [5, 5.41) is 8.96. The Bertz CT molecular complexity index is 345. The molecule has 0 radical (unpaired) electrons. The van der Waals surface area contributed by atoms with Crippen molar-refractivity contribution in [2.75, 3.05) is 7.11 Å². The second-order valence-corrected chi connectivity index (χ2v) is 2.84. The third kappa shape index (κ3) is 2.40. The SMILES string of the molecule is COc1cc(CN)nc(C(F)F)c1CO. The molecule has 15 heavy (non-hydrogen) atoms. The Balaban J connectivity index is 3.32. The quantitative estimate of drug-likeness (QED) is 0.790. The molecular formula is C9H12F2N2O2. The van der Waals surface area contributed by atoms with Gasteiger partial charge in [0.2, 0.25) is 0 Å². The van der Waals surface area contributed by atoms with Crippen LogP contribution < -0.4 is 10.5 Å². The molecule has 1 heterocycles. The molecule has 0 aromatic carbocycles. The van der Waals surface area contributed by atoms with E-state index in [1.807, 2.05) is 0 Å². The molecule has 0 aliphatic heterocycles. The molecule has 0 saturated heterocycles. The summed E-state index contributed by atoms with van der Waals surface area (Å²) in [6.45, 7) is -0.498. The first kappa shape index (κ1) is 11.8. The third-order valence-corrected chi connectivity index (χ3v) is 1.96. The van der Waals surface area contributed by atoms with Gasteiger partial charge in [0, 0.05) is 18.2 Å². The summed E-state index contributed by atoms with van der Waals surface area (Å²) in [5.41, 5.74) is 5.14. The summed E-state index contributed by atoms with van der Waals surface area (Å²) in [7, 11) is 1.34. The first-order chi connectivity index (χ1) is 7.13. The van der Waals surface area contributed by atoms with Crippen molar-refractivity contribution in [1.82, 2.24) is 4.98 Å². The van der Waals surface area contributed by atoms with Crippen LogP contribution in [-0.4, -0.2) is 17.2 Å². The number of rotatable bonds is 4. The minimum absolute atomic E-state index is 0.00435. The molecule has 1 aromatic rings. The maximum atomic E-state index is 12.6. The van der Waals surface area contributed by atoms with Gasteiger partial charge in [0.05, 0.1) is 19.4 Å². The number of hydrogen-bond acceptors (Lipinski definition) is 4. The standard InChI is InChI=1S/C9H12F2N2O2/c1-15-7-2-5(3-12)13-8(9(10)11)6(7)4-14/h2,9,14H,3-4,12H2,1H3. The summed E-state index contributed by atoms with van der Waals surface area (Å²) < 4.78 is 30.0. The largest absolute Gasteiger partial charge is 0.496 e. The topological polar surface area (TPSA) is 68.4 Å². The van der Waals surface area contributed by atoms with E-state index in [-0.39, 0.29) is 17.9 Å². The monoisotopic (exact) mass is 218 g/mol. The van der Waals surface area contributed by atoms with Gasteiger partial charge in [-0.1, -0.05) is 0 Å². The highest BCUT2D eigenvalue weighted by Gasteiger charge is 2.19. The Labute approximate surface area is 85.7 Å². The highest BCUT2D eigenvalue weighted by Crippen LogP contribution is 2.29. The van der Waals surface area contributed by atoms with Crippen molar-refractivity contribution in [3.8, 4) is 5.75 Å². The molecule has 4 nitrogen and oxygen atoms in total. The van der Waals surface area contributed by atoms with Crippen molar-refractivity contribution in [3.63, 3.8) is 0 Å². The smallest absolute Gasteiger partial charge is 0.280 e. The fraction of sp³-hybridized carbons (Fsp3) is 0.444. The molecule has 0 aliphatic carbocycles. The van der Waals surface area contributed by atoms with Crippen molar-refractivity contribution >= 4 is 0 Å². The van der Waals surface area contributed by atoms with E-state index in [1.54, 1.807) is 0 Å². The third-order valence-electron chi connectivity index (χ3n) is 1.96. The number of aliphatic hydroxyl groups is 1. The average molecular weight is 218 g/mol. The Morgan fingerprint density at radius 1 is 1.60 bits per heavy atom. The van der Waals surface area contributed by atoms with Crippen LogP contribution >= 0.6 is 0 Å². The highest BCUT2D eigenvalue weighted by atomic mass is 19.3. The normalized spacial score (nSPS) is 10.8. The van der Waals surface area contributed by atoms with E-state index in [0.29, 0.717) is 5.69 Å². The van der Waals surface area contributed by atoms with Crippen LogP contribution in [0.3, 0.4) is 0 Å². The second kappa shape index (κ2) is 4.99. The van der Waals surface area contributed by atoms with Crippen molar-refractivity contribution < 1.29 is 18.6 Å². The lowest BCUT2D eigenvalue weighted by atomic mass is 10.1.